The SMILES string of the molecule is C[Si](C)(C)OC(=O)C(Cl)(Cl)CCl. The number of halogens is 3. The van der Waals surface area contributed by atoms with E-state index in [2.05, 4.69) is 0 Å². The van der Waals surface area contributed by atoms with E-state index in [1.54, 1.807) is 0 Å². The first-order valence-electron chi connectivity index (χ1n) is 3.36. The molecule has 0 spiro atoms. The van der Waals surface area contributed by atoms with Gasteiger partial charge in [-0.3, -0.25) is 4.79 Å². The molecule has 0 radical (unpaired) electrons. The van der Waals surface area contributed by atoms with E-state index >= 15 is 0 Å². The molecule has 0 aromatic heterocycles. The molecule has 0 unspecified atom stereocenters. The van der Waals surface area contributed by atoms with Crippen LogP contribution in [0.3, 0.4) is 0 Å². The minimum absolute atomic E-state index is 0.167. The van der Waals surface area contributed by atoms with E-state index in [1.165, 1.54) is 0 Å². The Bertz CT molecular complexity index is 176. The summed E-state index contributed by atoms with van der Waals surface area (Å²) in [4.78, 5) is 11.2. The van der Waals surface area contributed by atoms with Crippen LogP contribution in [0.4, 0.5) is 0 Å². The molecule has 0 saturated heterocycles. The average Bonchev–Trinajstić information content (AvgIpc) is 1.84. The molecule has 0 rings (SSSR count). The van der Waals surface area contributed by atoms with Gasteiger partial charge in [0.05, 0.1) is 5.88 Å². The summed E-state index contributed by atoms with van der Waals surface area (Å²) >= 11 is 16.5. The molecule has 0 aliphatic heterocycles. The predicted octanol–water partition coefficient (Wildman–Crippen LogP) is 2.78. The van der Waals surface area contributed by atoms with E-state index in [0.29, 0.717) is 0 Å². The highest BCUT2D eigenvalue weighted by Crippen LogP contribution is 2.25. The zero-order valence-electron chi connectivity index (χ0n) is 7.16. The summed E-state index contributed by atoms with van der Waals surface area (Å²) in [6.07, 6.45) is 0. The molecule has 0 fully saturated rings. The largest absolute Gasteiger partial charge is 0.518 e. The molecule has 0 heterocycles. The van der Waals surface area contributed by atoms with E-state index in [0.717, 1.165) is 0 Å². The number of carbonyl (C=O) groups excluding carboxylic acids is 1. The van der Waals surface area contributed by atoms with E-state index in [9.17, 15) is 4.79 Å². The molecule has 2 nitrogen and oxygen atoms in total. The highest BCUT2D eigenvalue weighted by Gasteiger charge is 2.37. The van der Waals surface area contributed by atoms with E-state index in [1.807, 2.05) is 19.6 Å². The Morgan fingerprint density at radius 1 is 1.42 bits per heavy atom. The quantitative estimate of drug-likeness (QED) is 0.568. The Morgan fingerprint density at radius 3 is 2.08 bits per heavy atom. The van der Waals surface area contributed by atoms with Crippen LogP contribution < -0.4 is 0 Å². The highest BCUT2D eigenvalue weighted by atomic mass is 35.5. The van der Waals surface area contributed by atoms with Gasteiger partial charge in [-0.25, -0.2) is 0 Å². The standard InChI is InChI=1S/C6H11Cl3O2Si/c1-12(2,3)11-5(10)6(8,9)4-7/h4H2,1-3H3. The van der Waals surface area contributed by atoms with Crippen molar-refractivity contribution in [1.82, 2.24) is 0 Å². The maximum absolute atomic E-state index is 11.2. The Labute approximate surface area is 88.3 Å². The monoisotopic (exact) mass is 248 g/mol. The minimum Gasteiger partial charge on any atom is -0.518 e. The van der Waals surface area contributed by atoms with Crippen LogP contribution in [0.5, 0.6) is 0 Å². The summed E-state index contributed by atoms with van der Waals surface area (Å²) in [5.41, 5.74) is 0. The summed E-state index contributed by atoms with van der Waals surface area (Å²) in [6, 6.07) is 0. The van der Waals surface area contributed by atoms with Crippen molar-refractivity contribution in [2.24, 2.45) is 0 Å². The molecule has 0 bridgehead atoms. The Balaban J connectivity index is 4.23. The third-order valence-electron chi connectivity index (χ3n) is 0.865. The molecule has 0 aromatic rings. The van der Waals surface area contributed by atoms with Gasteiger partial charge in [0, 0.05) is 0 Å². The topological polar surface area (TPSA) is 26.3 Å². The van der Waals surface area contributed by atoms with Crippen LogP contribution in [-0.4, -0.2) is 24.5 Å². The van der Waals surface area contributed by atoms with E-state index in [-0.39, 0.29) is 5.88 Å². The Hall–Kier alpha value is 0.557. The Morgan fingerprint density at radius 2 is 1.83 bits per heavy atom. The highest BCUT2D eigenvalue weighted by molar-refractivity contribution is 6.72. The van der Waals surface area contributed by atoms with Gasteiger partial charge in [-0.1, -0.05) is 23.2 Å². The first-order valence-corrected chi connectivity index (χ1v) is 8.06. The fraction of sp³-hybridized carbons (Fsp3) is 0.833. The number of hydrogen-bond acceptors (Lipinski definition) is 2. The van der Waals surface area contributed by atoms with Gasteiger partial charge >= 0.3 is 5.97 Å². The molecule has 0 atom stereocenters. The molecule has 0 N–H and O–H groups in total. The normalized spacial score (nSPS) is 12.8. The second-order valence-electron chi connectivity index (χ2n) is 3.34. The zero-order chi connectivity index (χ0) is 9.99. The van der Waals surface area contributed by atoms with Gasteiger partial charge in [0.2, 0.25) is 12.7 Å². The van der Waals surface area contributed by atoms with Crippen LogP contribution in [0.15, 0.2) is 0 Å². The van der Waals surface area contributed by atoms with Crippen LogP contribution in [0.2, 0.25) is 19.6 Å². The van der Waals surface area contributed by atoms with Crippen LogP contribution >= 0.6 is 34.8 Å². The summed E-state index contributed by atoms with van der Waals surface area (Å²) in [6.45, 7) is 5.59. The molecule has 6 heteroatoms. The lowest BCUT2D eigenvalue weighted by molar-refractivity contribution is -0.135. The number of carbonyl (C=O) groups is 1. The van der Waals surface area contributed by atoms with Gasteiger partial charge in [-0.15, -0.1) is 11.6 Å². The number of rotatable bonds is 3. The van der Waals surface area contributed by atoms with Crippen molar-refractivity contribution in [3.05, 3.63) is 0 Å². The minimum atomic E-state index is -1.92. The average molecular weight is 250 g/mol. The van der Waals surface area contributed by atoms with Crippen molar-refractivity contribution >= 4 is 49.1 Å². The fourth-order valence-electron chi connectivity index (χ4n) is 0.407. The number of hydrogen-bond donors (Lipinski definition) is 0. The predicted molar refractivity (Wildman–Crippen MR) is 54.6 cm³/mol. The van der Waals surface area contributed by atoms with Crippen LogP contribution in [0.1, 0.15) is 0 Å². The van der Waals surface area contributed by atoms with Crippen LogP contribution in [0.25, 0.3) is 0 Å². The molecule has 0 aliphatic carbocycles. The van der Waals surface area contributed by atoms with E-state index in [4.69, 9.17) is 39.2 Å². The zero-order valence-corrected chi connectivity index (χ0v) is 10.4. The molecular weight excluding hydrogens is 239 g/mol. The van der Waals surface area contributed by atoms with Gasteiger partial charge < -0.3 is 4.43 Å². The first kappa shape index (κ1) is 12.6. The summed E-state index contributed by atoms with van der Waals surface area (Å²) in [7, 11) is -1.92. The summed E-state index contributed by atoms with van der Waals surface area (Å²) < 4.78 is 3.44. The van der Waals surface area contributed by atoms with E-state index < -0.39 is 18.6 Å². The molecule has 0 saturated carbocycles. The van der Waals surface area contributed by atoms with Crippen molar-refractivity contribution in [2.75, 3.05) is 5.88 Å². The number of alkyl halides is 3. The molecule has 0 aliphatic rings. The van der Waals surface area contributed by atoms with Crippen molar-refractivity contribution in [1.29, 1.82) is 0 Å². The van der Waals surface area contributed by atoms with Crippen LogP contribution in [0, 0.1) is 0 Å². The maximum Gasteiger partial charge on any atom is 0.330 e. The third-order valence-corrected chi connectivity index (χ3v) is 2.91. The maximum atomic E-state index is 11.2. The van der Waals surface area contributed by atoms with Gasteiger partial charge in [0.15, 0.2) is 0 Å². The molecule has 72 valence electrons. The Kier molecular flexibility index (Phi) is 4.37. The van der Waals surface area contributed by atoms with Crippen molar-refractivity contribution in [2.45, 2.75) is 24.0 Å². The van der Waals surface area contributed by atoms with Gasteiger partial charge in [-0.05, 0) is 19.6 Å². The lowest BCUT2D eigenvalue weighted by atomic mass is 10.5. The lowest BCUT2D eigenvalue weighted by Gasteiger charge is -2.22. The van der Waals surface area contributed by atoms with Crippen molar-refractivity contribution < 1.29 is 9.22 Å². The molecule has 0 aromatic carbocycles. The first-order chi connectivity index (χ1) is 5.19. The third kappa shape index (κ3) is 4.55. The van der Waals surface area contributed by atoms with Gasteiger partial charge in [0.25, 0.3) is 0 Å². The molecular formula is C6H11Cl3O2Si. The second-order valence-corrected chi connectivity index (χ2v) is 9.52. The molecule has 12 heavy (non-hydrogen) atoms. The summed E-state index contributed by atoms with van der Waals surface area (Å²) in [5.74, 6) is -0.820. The van der Waals surface area contributed by atoms with Gasteiger partial charge in [0.1, 0.15) is 0 Å². The van der Waals surface area contributed by atoms with Crippen molar-refractivity contribution in [3.63, 3.8) is 0 Å². The van der Waals surface area contributed by atoms with Crippen LogP contribution in [-0.2, 0) is 9.22 Å². The second kappa shape index (κ2) is 4.18. The molecule has 0 amide bonds. The van der Waals surface area contributed by atoms with Gasteiger partial charge in [-0.2, -0.15) is 0 Å². The fourth-order valence-corrected chi connectivity index (χ4v) is 1.45. The lowest BCUT2D eigenvalue weighted by Crippen LogP contribution is -2.38. The van der Waals surface area contributed by atoms with Crippen molar-refractivity contribution in [3.8, 4) is 0 Å². The summed E-state index contributed by atoms with van der Waals surface area (Å²) in [5, 5.41) is 0. The smallest absolute Gasteiger partial charge is 0.330 e.